The van der Waals surface area contributed by atoms with Crippen molar-refractivity contribution in [2.24, 2.45) is 0 Å². The minimum atomic E-state index is -3.84. The van der Waals surface area contributed by atoms with Gasteiger partial charge in [0.1, 0.15) is 11.9 Å². The molecule has 0 saturated heterocycles. The van der Waals surface area contributed by atoms with Crippen LogP contribution in [0.3, 0.4) is 0 Å². The minimum Gasteiger partial charge on any atom is -0.451 e. The summed E-state index contributed by atoms with van der Waals surface area (Å²) in [6.07, 6.45) is 1.38. The highest BCUT2D eigenvalue weighted by Gasteiger charge is 2.16. The number of rotatable bonds is 19. The van der Waals surface area contributed by atoms with Gasteiger partial charge >= 0.3 is 0 Å². The average Bonchev–Trinajstić information content (AvgIpc) is 2.93. The van der Waals surface area contributed by atoms with E-state index < -0.39 is 39.4 Å². The molecular formula is C28H38F2N2O8S. The minimum absolute atomic E-state index is 0.0244. The number of aliphatic hydroxyl groups excluding tert-OH is 1. The Morgan fingerprint density at radius 2 is 1.49 bits per heavy atom. The maximum absolute atomic E-state index is 14.5. The maximum atomic E-state index is 14.5. The Hall–Kier alpha value is -2.94. The Balaban J connectivity index is 1.66. The van der Waals surface area contributed by atoms with E-state index in [2.05, 4.69) is 10.0 Å². The molecule has 0 unspecified atom stereocenters. The molecule has 0 heterocycles. The number of sulfonamides is 1. The van der Waals surface area contributed by atoms with Crippen molar-refractivity contribution in [3.63, 3.8) is 0 Å². The summed E-state index contributed by atoms with van der Waals surface area (Å²) in [5, 5.41) is 11.5. The third-order valence-electron chi connectivity index (χ3n) is 5.55. The number of hydrogen-bond donors (Lipinski definition) is 3. The molecule has 228 valence electrons. The van der Waals surface area contributed by atoms with E-state index in [1.54, 1.807) is 6.08 Å². The average molecular weight is 601 g/mol. The second-order valence-electron chi connectivity index (χ2n) is 8.93. The van der Waals surface area contributed by atoms with E-state index in [1.165, 1.54) is 43.3 Å². The molecule has 2 aromatic carbocycles. The van der Waals surface area contributed by atoms with Crippen molar-refractivity contribution in [2.75, 3.05) is 52.7 Å². The maximum Gasteiger partial charge on any atom is 0.248 e. The first kappa shape index (κ1) is 34.3. The molecule has 0 aliphatic heterocycles. The van der Waals surface area contributed by atoms with Crippen molar-refractivity contribution in [1.82, 2.24) is 10.0 Å². The second kappa shape index (κ2) is 17.8. The molecule has 10 nitrogen and oxygen atoms in total. The summed E-state index contributed by atoms with van der Waals surface area (Å²) >= 11 is 0. The van der Waals surface area contributed by atoms with Gasteiger partial charge in [-0.2, -0.15) is 0 Å². The quantitative estimate of drug-likeness (QED) is 0.209. The molecule has 3 N–H and O–H groups in total. The van der Waals surface area contributed by atoms with Crippen LogP contribution in [0.5, 0.6) is 11.5 Å². The normalized spacial score (nSPS) is 12.8. The third-order valence-corrected chi connectivity index (χ3v) is 7.03. The number of nitrogens with one attached hydrogen (secondary N) is 2. The Bertz CT molecular complexity index is 1220. The van der Waals surface area contributed by atoms with E-state index in [9.17, 15) is 22.0 Å². The van der Waals surface area contributed by atoms with Gasteiger partial charge in [0, 0.05) is 13.1 Å². The van der Waals surface area contributed by atoms with Crippen LogP contribution in [0.2, 0.25) is 0 Å². The summed E-state index contributed by atoms with van der Waals surface area (Å²) in [5.74, 6) is -2.69. The molecule has 0 saturated carbocycles. The highest BCUT2D eigenvalue weighted by Crippen LogP contribution is 2.30. The molecule has 0 aromatic heterocycles. The molecule has 0 bridgehead atoms. The fourth-order valence-electron chi connectivity index (χ4n) is 3.22. The number of aliphatic hydroxyl groups is 1. The van der Waals surface area contributed by atoms with E-state index in [4.69, 9.17) is 24.1 Å². The van der Waals surface area contributed by atoms with Gasteiger partial charge in [-0.1, -0.05) is 18.6 Å². The molecule has 1 atom stereocenters. The second-order valence-corrected chi connectivity index (χ2v) is 10.7. The number of allylic oxidation sites excluding steroid dienone is 1. The summed E-state index contributed by atoms with van der Waals surface area (Å²) < 4.78 is 77.6. The lowest BCUT2D eigenvalue weighted by Gasteiger charge is -2.11. The molecule has 0 aliphatic carbocycles. The van der Waals surface area contributed by atoms with Crippen molar-refractivity contribution in [1.29, 1.82) is 0 Å². The molecule has 2 aromatic rings. The molecule has 0 aliphatic rings. The molecule has 0 radical (unpaired) electrons. The molecule has 2 rings (SSSR count). The molecule has 13 heteroatoms. The zero-order valence-electron chi connectivity index (χ0n) is 23.5. The summed E-state index contributed by atoms with van der Waals surface area (Å²) in [4.78, 5) is 11.1. The van der Waals surface area contributed by atoms with Crippen LogP contribution in [0, 0.1) is 11.6 Å². The van der Waals surface area contributed by atoms with Crippen LogP contribution in [0.25, 0.3) is 6.08 Å². The smallest absolute Gasteiger partial charge is 0.248 e. The first-order valence-corrected chi connectivity index (χ1v) is 14.6. The Kier molecular flexibility index (Phi) is 14.9. The van der Waals surface area contributed by atoms with E-state index in [0.717, 1.165) is 12.0 Å². The molecule has 0 fully saturated rings. The van der Waals surface area contributed by atoms with Crippen LogP contribution in [0.15, 0.2) is 46.9 Å². The fourth-order valence-corrected chi connectivity index (χ4v) is 4.23. The van der Waals surface area contributed by atoms with Crippen LogP contribution < -0.4 is 14.8 Å². The van der Waals surface area contributed by atoms with Gasteiger partial charge in [-0.05, 0) is 62.2 Å². The van der Waals surface area contributed by atoms with Crippen molar-refractivity contribution >= 4 is 22.0 Å². The van der Waals surface area contributed by atoms with Crippen LogP contribution in [0.1, 0.15) is 32.8 Å². The lowest BCUT2D eigenvalue weighted by atomic mass is 10.1. The molecule has 41 heavy (non-hydrogen) atoms. The van der Waals surface area contributed by atoms with Gasteiger partial charge in [0.05, 0.1) is 44.5 Å². The Labute approximate surface area is 239 Å². The van der Waals surface area contributed by atoms with Crippen LogP contribution >= 0.6 is 0 Å². The zero-order chi connectivity index (χ0) is 30.3. The van der Waals surface area contributed by atoms with E-state index >= 15 is 0 Å². The van der Waals surface area contributed by atoms with Crippen molar-refractivity contribution in [3.8, 4) is 11.5 Å². The van der Waals surface area contributed by atoms with E-state index in [-0.39, 0.29) is 50.2 Å². The number of benzene rings is 2. The number of carbonyl (C=O) groups is 1. The third kappa shape index (κ3) is 12.6. The number of carbonyl (C=O) groups excluding carboxylic acids is 1. The Morgan fingerprint density at radius 1 is 0.951 bits per heavy atom. The predicted octanol–water partition coefficient (Wildman–Crippen LogP) is 3.40. The SMILES string of the molecule is CC/C(C)=C/c1cc(F)c(Oc2ccc(S(=O)(=O)NCCOCCOCCOCCNC(=O)[C@@H](C)O)cc2)c(F)c1. The van der Waals surface area contributed by atoms with Crippen LogP contribution in [0.4, 0.5) is 8.78 Å². The largest absolute Gasteiger partial charge is 0.451 e. The van der Waals surface area contributed by atoms with Gasteiger partial charge in [0.25, 0.3) is 0 Å². The standard InChI is InChI=1S/C28H38F2N2O8S/c1-4-20(2)17-22-18-25(29)27(26(30)19-22)40-23-5-7-24(8-6-23)41(35,36)32-10-12-38-14-16-39-15-13-37-11-9-31-28(34)21(3)33/h5-8,17-19,21,32-33H,4,9-16H2,1-3H3,(H,31,34)/b20-17+/t21-/m1/s1. The number of amides is 1. The Morgan fingerprint density at radius 3 is 2.02 bits per heavy atom. The van der Waals surface area contributed by atoms with E-state index in [1.807, 2.05) is 13.8 Å². The topological polar surface area (TPSA) is 132 Å². The first-order valence-electron chi connectivity index (χ1n) is 13.2. The number of hydrogen-bond acceptors (Lipinski definition) is 8. The van der Waals surface area contributed by atoms with E-state index in [0.29, 0.717) is 18.8 Å². The van der Waals surface area contributed by atoms with Gasteiger partial charge < -0.3 is 29.4 Å². The molecule has 0 spiro atoms. The van der Waals surface area contributed by atoms with Crippen LogP contribution in [-0.2, 0) is 29.0 Å². The van der Waals surface area contributed by atoms with Crippen LogP contribution in [-0.4, -0.2) is 78.3 Å². The summed E-state index contributed by atoms with van der Waals surface area (Å²) in [5.41, 5.74) is 1.35. The summed E-state index contributed by atoms with van der Waals surface area (Å²) in [6.45, 7) is 7.07. The van der Waals surface area contributed by atoms with Crippen molar-refractivity contribution < 1.29 is 46.0 Å². The zero-order valence-corrected chi connectivity index (χ0v) is 24.3. The summed E-state index contributed by atoms with van der Waals surface area (Å²) in [7, 11) is -3.84. The van der Waals surface area contributed by atoms with Gasteiger partial charge in [0.15, 0.2) is 17.4 Å². The monoisotopic (exact) mass is 600 g/mol. The first-order chi connectivity index (χ1) is 19.5. The molecular weight excluding hydrogens is 562 g/mol. The molecule has 1 amide bonds. The van der Waals surface area contributed by atoms with Crippen molar-refractivity contribution in [3.05, 3.63) is 59.2 Å². The number of halogens is 2. The van der Waals surface area contributed by atoms with Gasteiger partial charge in [0.2, 0.25) is 15.9 Å². The highest BCUT2D eigenvalue weighted by atomic mass is 32.2. The fraction of sp³-hybridized carbons (Fsp3) is 0.464. The van der Waals surface area contributed by atoms with Gasteiger partial charge in [-0.3, -0.25) is 4.79 Å². The highest BCUT2D eigenvalue weighted by molar-refractivity contribution is 7.89. The number of ether oxygens (including phenoxy) is 4. The lowest BCUT2D eigenvalue weighted by molar-refractivity contribution is -0.128. The van der Waals surface area contributed by atoms with Gasteiger partial charge in [-0.15, -0.1) is 0 Å². The predicted molar refractivity (Wildman–Crippen MR) is 149 cm³/mol. The van der Waals surface area contributed by atoms with Crippen molar-refractivity contribution in [2.45, 2.75) is 38.2 Å². The lowest BCUT2D eigenvalue weighted by Crippen LogP contribution is -2.34. The summed E-state index contributed by atoms with van der Waals surface area (Å²) in [6, 6.07) is 7.52. The van der Waals surface area contributed by atoms with Gasteiger partial charge in [-0.25, -0.2) is 21.9 Å².